The molecule has 1 aliphatic rings. The largest absolute Gasteiger partial charge is 0.481 e. The van der Waals surface area contributed by atoms with Crippen LogP contribution in [0.15, 0.2) is 35.0 Å². The Morgan fingerprint density at radius 3 is 2.83 bits per heavy atom. The van der Waals surface area contributed by atoms with Gasteiger partial charge in [0.25, 0.3) is 0 Å². The lowest BCUT2D eigenvalue weighted by molar-refractivity contribution is -0.137. The lowest BCUT2D eigenvalue weighted by Gasteiger charge is -2.12. The third-order valence-corrected chi connectivity index (χ3v) is 5.68. The van der Waals surface area contributed by atoms with Crippen molar-refractivity contribution < 1.29 is 19.1 Å². The summed E-state index contributed by atoms with van der Waals surface area (Å²) in [4.78, 5) is 19.9. The molecule has 7 heteroatoms. The normalized spacial score (nSPS) is 15.4. The Balaban J connectivity index is 1.62. The van der Waals surface area contributed by atoms with Gasteiger partial charge >= 0.3 is 5.97 Å². The number of ether oxygens (including phenoxy) is 1. The number of hydrogen-bond acceptors (Lipinski definition) is 5. The molecule has 6 nitrogen and oxygen atoms in total. The molecule has 2 aromatic heterocycles. The third-order valence-electron chi connectivity index (χ3n) is 5.41. The van der Waals surface area contributed by atoms with Gasteiger partial charge in [0.1, 0.15) is 5.02 Å². The van der Waals surface area contributed by atoms with Crippen LogP contribution in [-0.2, 0) is 11.2 Å². The summed E-state index contributed by atoms with van der Waals surface area (Å²) in [7, 11) is 0. The fourth-order valence-electron chi connectivity index (χ4n) is 4.02. The molecule has 1 aliphatic carbocycles. The molecule has 0 amide bonds. The van der Waals surface area contributed by atoms with Crippen molar-refractivity contribution in [3.63, 3.8) is 0 Å². The Kier molecular flexibility index (Phi) is 5.52. The number of hydrogen-bond donors (Lipinski definition) is 1. The molecule has 30 heavy (non-hydrogen) atoms. The molecule has 0 radical (unpaired) electrons. The molecule has 0 saturated carbocycles. The van der Waals surface area contributed by atoms with E-state index in [0.29, 0.717) is 22.6 Å². The predicted molar refractivity (Wildman–Crippen MR) is 114 cm³/mol. The Labute approximate surface area is 179 Å². The fraction of sp³-hybridized carbons (Fsp3) is 0.348. The van der Waals surface area contributed by atoms with Crippen molar-refractivity contribution in [3.05, 3.63) is 52.3 Å². The summed E-state index contributed by atoms with van der Waals surface area (Å²) in [5, 5.41) is 9.56. The van der Waals surface area contributed by atoms with Crippen molar-refractivity contribution in [2.45, 2.75) is 52.1 Å². The number of fused-ring (bicyclic) bond motifs is 1. The summed E-state index contributed by atoms with van der Waals surface area (Å²) in [6, 6.07) is 5.73. The summed E-state index contributed by atoms with van der Waals surface area (Å²) in [5.41, 5.74) is 5.05. The van der Waals surface area contributed by atoms with Crippen LogP contribution in [0.2, 0.25) is 5.02 Å². The Morgan fingerprint density at radius 2 is 2.13 bits per heavy atom. The smallest absolute Gasteiger partial charge is 0.303 e. The average Bonchev–Trinajstić information content (AvgIpc) is 3.31. The standard InChI is InChI=1S/C23H23ClN2O4/c1-12(2)29-23-19(24)8-15(10-25-23)20-11-26-22(30-20)17-6-7-18-14(9-21(27)28)4-5-16(18)13(17)3/h6-8,10-12,14H,4-5,9H2,1-3H3,(H,27,28)/t14-/m1/s1. The molecule has 1 atom stereocenters. The molecule has 4 rings (SSSR count). The minimum absolute atomic E-state index is 0.0180. The van der Waals surface area contributed by atoms with E-state index in [4.69, 9.17) is 25.9 Å². The Morgan fingerprint density at radius 1 is 1.33 bits per heavy atom. The molecule has 0 aliphatic heterocycles. The lowest BCUT2D eigenvalue weighted by Crippen LogP contribution is -2.07. The first-order chi connectivity index (χ1) is 14.3. The van der Waals surface area contributed by atoms with E-state index in [1.807, 2.05) is 32.9 Å². The van der Waals surface area contributed by atoms with Gasteiger partial charge in [-0.05, 0) is 68.4 Å². The zero-order valence-corrected chi connectivity index (χ0v) is 17.9. The average molecular weight is 427 g/mol. The van der Waals surface area contributed by atoms with Crippen LogP contribution in [0, 0.1) is 6.92 Å². The van der Waals surface area contributed by atoms with Crippen LogP contribution in [0.1, 0.15) is 49.3 Å². The van der Waals surface area contributed by atoms with Gasteiger partial charge in [0, 0.05) is 17.3 Å². The second-order valence-corrected chi connectivity index (χ2v) is 8.25. The van der Waals surface area contributed by atoms with E-state index in [9.17, 15) is 4.79 Å². The van der Waals surface area contributed by atoms with E-state index in [-0.39, 0.29) is 18.4 Å². The first-order valence-corrected chi connectivity index (χ1v) is 10.3. The van der Waals surface area contributed by atoms with Crippen molar-refractivity contribution >= 4 is 17.6 Å². The van der Waals surface area contributed by atoms with Crippen molar-refractivity contribution in [2.24, 2.45) is 0 Å². The number of pyridine rings is 1. The van der Waals surface area contributed by atoms with Gasteiger partial charge in [-0.25, -0.2) is 9.97 Å². The SMILES string of the molecule is Cc1c(-c2ncc(-c3cnc(OC(C)C)c(Cl)c3)o2)ccc2c1CC[C@@H]2CC(=O)O. The summed E-state index contributed by atoms with van der Waals surface area (Å²) in [5.74, 6) is 0.791. The summed E-state index contributed by atoms with van der Waals surface area (Å²) in [6.07, 6.45) is 5.19. The van der Waals surface area contributed by atoms with Crippen LogP contribution in [-0.4, -0.2) is 27.1 Å². The molecule has 0 bridgehead atoms. The molecule has 156 valence electrons. The maximum Gasteiger partial charge on any atom is 0.303 e. The van der Waals surface area contributed by atoms with Gasteiger partial charge in [-0.2, -0.15) is 0 Å². The molecule has 0 fully saturated rings. The topological polar surface area (TPSA) is 85.5 Å². The molecular formula is C23H23ClN2O4. The maximum atomic E-state index is 11.1. The molecule has 0 saturated heterocycles. The number of nitrogens with zero attached hydrogens (tertiary/aromatic N) is 2. The highest BCUT2D eigenvalue weighted by Crippen LogP contribution is 2.41. The van der Waals surface area contributed by atoms with E-state index >= 15 is 0 Å². The lowest BCUT2D eigenvalue weighted by atomic mass is 9.94. The molecular weight excluding hydrogens is 404 g/mol. The minimum Gasteiger partial charge on any atom is -0.481 e. The number of aliphatic carboxylic acids is 1. The second-order valence-electron chi connectivity index (χ2n) is 7.85. The molecule has 3 aromatic rings. The van der Waals surface area contributed by atoms with Crippen LogP contribution in [0.3, 0.4) is 0 Å². The maximum absolute atomic E-state index is 11.1. The number of carboxylic acid groups (broad SMARTS) is 1. The minimum atomic E-state index is -0.760. The van der Waals surface area contributed by atoms with E-state index < -0.39 is 5.97 Å². The first-order valence-electron chi connectivity index (χ1n) is 9.96. The van der Waals surface area contributed by atoms with Gasteiger partial charge in [0.05, 0.1) is 18.7 Å². The van der Waals surface area contributed by atoms with Crippen molar-refractivity contribution in [1.29, 1.82) is 0 Å². The molecule has 2 heterocycles. The van der Waals surface area contributed by atoms with Crippen molar-refractivity contribution in [2.75, 3.05) is 0 Å². The highest BCUT2D eigenvalue weighted by molar-refractivity contribution is 6.32. The highest BCUT2D eigenvalue weighted by atomic mass is 35.5. The molecule has 0 spiro atoms. The number of oxazole rings is 1. The van der Waals surface area contributed by atoms with E-state index in [2.05, 4.69) is 9.97 Å². The number of halogens is 1. The fourth-order valence-corrected chi connectivity index (χ4v) is 4.23. The van der Waals surface area contributed by atoms with Crippen molar-refractivity contribution in [3.8, 4) is 28.7 Å². The first kappa shape index (κ1) is 20.4. The van der Waals surface area contributed by atoms with Gasteiger partial charge in [-0.15, -0.1) is 0 Å². The van der Waals surface area contributed by atoms with Crippen LogP contribution in [0.25, 0.3) is 22.8 Å². The Hall–Kier alpha value is -2.86. The third kappa shape index (κ3) is 3.92. The summed E-state index contributed by atoms with van der Waals surface area (Å²) < 4.78 is 11.6. The summed E-state index contributed by atoms with van der Waals surface area (Å²) in [6.45, 7) is 5.87. The van der Waals surface area contributed by atoms with Crippen LogP contribution < -0.4 is 4.74 Å². The zero-order valence-electron chi connectivity index (χ0n) is 17.1. The highest BCUT2D eigenvalue weighted by Gasteiger charge is 2.27. The van der Waals surface area contributed by atoms with Gasteiger partial charge in [-0.3, -0.25) is 4.79 Å². The van der Waals surface area contributed by atoms with Crippen LogP contribution in [0.5, 0.6) is 5.88 Å². The molecule has 1 aromatic carbocycles. The van der Waals surface area contributed by atoms with Crippen molar-refractivity contribution in [1.82, 2.24) is 9.97 Å². The Bertz CT molecular complexity index is 1110. The number of benzene rings is 1. The number of carbonyl (C=O) groups is 1. The van der Waals surface area contributed by atoms with Crippen LogP contribution >= 0.6 is 11.6 Å². The molecule has 1 N–H and O–H groups in total. The number of rotatable bonds is 6. The summed E-state index contributed by atoms with van der Waals surface area (Å²) >= 11 is 6.29. The predicted octanol–water partition coefficient (Wildman–Crippen LogP) is 5.66. The number of carboxylic acids is 1. The monoisotopic (exact) mass is 426 g/mol. The quantitative estimate of drug-likeness (QED) is 0.547. The van der Waals surface area contributed by atoms with Gasteiger partial charge < -0.3 is 14.3 Å². The van der Waals surface area contributed by atoms with E-state index in [1.54, 1.807) is 18.5 Å². The van der Waals surface area contributed by atoms with Crippen LogP contribution in [0.4, 0.5) is 0 Å². The van der Waals surface area contributed by atoms with E-state index in [1.165, 1.54) is 5.56 Å². The zero-order chi connectivity index (χ0) is 21.4. The number of aromatic nitrogens is 2. The van der Waals surface area contributed by atoms with Gasteiger partial charge in [0.2, 0.25) is 11.8 Å². The van der Waals surface area contributed by atoms with Gasteiger partial charge in [0.15, 0.2) is 5.76 Å². The van der Waals surface area contributed by atoms with E-state index in [0.717, 1.165) is 35.1 Å². The molecule has 0 unspecified atom stereocenters. The van der Waals surface area contributed by atoms with Gasteiger partial charge in [-0.1, -0.05) is 17.7 Å². The second kappa shape index (κ2) is 8.11.